The Morgan fingerprint density at radius 3 is 2.74 bits per heavy atom. The van der Waals surface area contributed by atoms with Crippen molar-refractivity contribution >= 4 is 28.2 Å². The number of nitrogens with one attached hydrogen (secondary N) is 1. The van der Waals surface area contributed by atoms with Crippen LogP contribution < -0.4 is 5.32 Å². The highest BCUT2D eigenvalue weighted by Crippen LogP contribution is 2.22. The van der Waals surface area contributed by atoms with Gasteiger partial charge in [0.25, 0.3) is 5.91 Å². The molecule has 0 saturated heterocycles. The van der Waals surface area contributed by atoms with E-state index in [0.717, 1.165) is 11.5 Å². The summed E-state index contributed by atoms with van der Waals surface area (Å²) in [6.07, 6.45) is 0.471. The summed E-state index contributed by atoms with van der Waals surface area (Å²) in [5.41, 5.74) is 0.804. The monoisotopic (exact) mass is 282 g/mol. The number of carbonyl (C=O) groups is 2. The Morgan fingerprint density at radius 2 is 2.11 bits per heavy atom. The molecule has 0 bridgehead atoms. The lowest BCUT2D eigenvalue weighted by atomic mass is 10.3. The summed E-state index contributed by atoms with van der Waals surface area (Å²) in [4.78, 5) is 23.6. The molecule has 0 aromatic carbocycles. The Hall–Kier alpha value is -1.96. The van der Waals surface area contributed by atoms with Gasteiger partial charge in [-0.1, -0.05) is 11.3 Å². The van der Waals surface area contributed by atoms with Crippen LogP contribution in [0.25, 0.3) is 4.96 Å². The smallest absolute Gasteiger partial charge is 0.303 e. The van der Waals surface area contributed by atoms with Gasteiger partial charge < -0.3 is 10.4 Å². The molecule has 0 saturated carbocycles. The standard InChI is InChI=1S/C11H14N4O3S/c1-6-9(10(18)12-5-3-4-8(16)17)19-11-14-13-7(2)15(6)11/h3-5H2,1-2H3,(H,12,18)(H,16,17). The third kappa shape index (κ3) is 2.73. The van der Waals surface area contributed by atoms with Crippen LogP contribution in [0.1, 0.15) is 34.0 Å². The highest BCUT2D eigenvalue weighted by molar-refractivity contribution is 7.19. The van der Waals surface area contributed by atoms with Crippen LogP contribution in [0.5, 0.6) is 0 Å². The second-order valence-electron chi connectivity index (χ2n) is 4.13. The Balaban J connectivity index is 2.05. The number of aliphatic carboxylic acids is 1. The number of aromatic nitrogens is 3. The van der Waals surface area contributed by atoms with E-state index in [0.29, 0.717) is 22.8 Å². The first kappa shape index (κ1) is 13.5. The van der Waals surface area contributed by atoms with Gasteiger partial charge >= 0.3 is 5.97 Å². The van der Waals surface area contributed by atoms with E-state index in [-0.39, 0.29) is 12.3 Å². The van der Waals surface area contributed by atoms with Gasteiger partial charge in [0.1, 0.15) is 10.7 Å². The van der Waals surface area contributed by atoms with E-state index in [1.807, 2.05) is 18.2 Å². The average molecular weight is 282 g/mol. The molecule has 0 aliphatic carbocycles. The summed E-state index contributed by atoms with van der Waals surface area (Å²) in [7, 11) is 0. The number of amides is 1. The number of hydrogen-bond acceptors (Lipinski definition) is 5. The van der Waals surface area contributed by atoms with Gasteiger partial charge in [-0.25, -0.2) is 0 Å². The van der Waals surface area contributed by atoms with Crippen LogP contribution in [0, 0.1) is 13.8 Å². The average Bonchev–Trinajstić information content (AvgIpc) is 2.86. The molecule has 0 spiro atoms. The number of nitrogens with zero attached hydrogens (tertiary/aromatic N) is 3. The van der Waals surface area contributed by atoms with E-state index < -0.39 is 5.97 Å². The van der Waals surface area contributed by atoms with Crippen molar-refractivity contribution in [2.24, 2.45) is 0 Å². The van der Waals surface area contributed by atoms with Crippen molar-refractivity contribution in [1.82, 2.24) is 19.9 Å². The highest BCUT2D eigenvalue weighted by Gasteiger charge is 2.17. The molecule has 2 rings (SSSR count). The quantitative estimate of drug-likeness (QED) is 0.797. The summed E-state index contributed by atoms with van der Waals surface area (Å²) >= 11 is 1.28. The molecule has 8 heteroatoms. The first-order valence-electron chi connectivity index (χ1n) is 5.82. The molecule has 102 valence electrons. The van der Waals surface area contributed by atoms with E-state index in [2.05, 4.69) is 15.5 Å². The zero-order valence-corrected chi connectivity index (χ0v) is 11.5. The predicted octanol–water partition coefficient (Wildman–Crippen LogP) is 1.00. The Labute approximate surface area is 113 Å². The third-order valence-corrected chi connectivity index (χ3v) is 3.84. The molecule has 2 N–H and O–H groups in total. The van der Waals surface area contributed by atoms with E-state index in [1.165, 1.54) is 11.3 Å². The number of fused-ring (bicyclic) bond motifs is 1. The maximum absolute atomic E-state index is 12.0. The summed E-state index contributed by atoms with van der Waals surface area (Å²) in [5.74, 6) is -0.312. The molecule has 0 aliphatic rings. The van der Waals surface area contributed by atoms with Gasteiger partial charge in [0, 0.05) is 18.7 Å². The summed E-state index contributed by atoms with van der Waals surface area (Å²) in [6.45, 7) is 4.02. The molecule has 2 aromatic rings. The fraction of sp³-hybridized carbons (Fsp3) is 0.455. The van der Waals surface area contributed by atoms with Crippen molar-refractivity contribution in [3.63, 3.8) is 0 Å². The van der Waals surface area contributed by atoms with E-state index in [4.69, 9.17) is 5.11 Å². The molecular formula is C11H14N4O3S. The Kier molecular flexibility index (Phi) is 3.79. The maximum Gasteiger partial charge on any atom is 0.303 e. The highest BCUT2D eigenvalue weighted by atomic mass is 32.1. The van der Waals surface area contributed by atoms with Gasteiger partial charge in [-0.15, -0.1) is 10.2 Å². The van der Waals surface area contributed by atoms with Gasteiger partial charge in [-0.2, -0.15) is 0 Å². The van der Waals surface area contributed by atoms with Crippen LogP contribution in [-0.2, 0) is 4.79 Å². The van der Waals surface area contributed by atoms with Crippen LogP contribution in [0.3, 0.4) is 0 Å². The zero-order valence-electron chi connectivity index (χ0n) is 10.6. The second-order valence-corrected chi connectivity index (χ2v) is 5.11. The molecule has 0 aliphatic heterocycles. The number of aryl methyl sites for hydroxylation is 2. The van der Waals surface area contributed by atoms with Crippen molar-refractivity contribution in [1.29, 1.82) is 0 Å². The number of thiazole rings is 1. The lowest BCUT2D eigenvalue weighted by Crippen LogP contribution is -2.24. The second kappa shape index (κ2) is 5.35. The lowest BCUT2D eigenvalue weighted by molar-refractivity contribution is -0.137. The van der Waals surface area contributed by atoms with Gasteiger partial charge in [-0.05, 0) is 20.3 Å². The molecule has 0 unspecified atom stereocenters. The SMILES string of the molecule is Cc1nnc2sc(C(=O)NCCCC(=O)O)c(C)n12. The van der Waals surface area contributed by atoms with E-state index >= 15 is 0 Å². The Morgan fingerprint density at radius 1 is 1.37 bits per heavy atom. The summed E-state index contributed by atoms with van der Waals surface area (Å²) in [6, 6.07) is 0. The zero-order chi connectivity index (χ0) is 14.0. The minimum absolute atomic E-state index is 0.0516. The number of carboxylic acid groups (broad SMARTS) is 1. The molecule has 0 atom stereocenters. The fourth-order valence-corrected chi connectivity index (χ4v) is 2.82. The Bertz CT molecular complexity index is 631. The van der Waals surface area contributed by atoms with Crippen LogP contribution in [-0.4, -0.2) is 38.1 Å². The molecule has 7 nitrogen and oxygen atoms in total. The van der Waals surface area contributed by atoms with Crippen LogP contribution in [0.2, 0.25) is 0 Å². The number of carbonyl (C=O) groups excluding carboxylic acids is 1. The molecule has 0 radical (unpaired) electrons. The lowest BCUT2D eigenvalue weighted by Gasteiger charge is -2.03. The third-order valence-electron chi connectivity index (χ3n) is 2.71. The minimum atomic E-state index is -0.860. The van der Waals surface area contributed by atoms with Gasteiger partial charge in [0.05, 0.1) is 0 Å². The summed E-state index contributed by atoms with van der Waals surface area (Å²) < 4.78 is 1.83. The van der Waals surface area contributed by atoms with E-state index in [9.17, 15) is 9.59 Å². The number of rotatable bonds is 5. The van der Waals surface area contributed by atoms with Crippen molar-refractivity contribution in [2.45, 2.75) is 26.7 Å². The molecule has 1 amide bonds. The first-order valence-corrected chi connectivity index (χ1v) is 6.63. The molecular weight excluding hydrogens is 268 g/mol. The molecule has 0 fully saturated rings. The van der Waals surface area contributed by atoms with E-state index in [1.54, 1.807) is 0 Å². The van der Waals surface area contributed by atoms with Crippen LogP contribution in [0.15, 0.2) is 0 Å². The van der Waals surface area contributed by atoms with Gasteiger partial charge in [0.15, 0.2) is 0 Å². The van der Waals surface area contributed by atoms with Crippen molar-refractivity contribution in [2.75, 3.05) is 6.54 Å². The van der Waals surface area contributed by atoms with Gasteiger partial charge in [0.2, 0.25) is 4.96 Å². The first-order chi connectivity index (χ1) is 9.00. The largest absolute Gasteiger partial charge is 0.481 e. The molecule has 19 heavy (non-hydrogen) atoms. The van der Waals surface area contributed by atoms with Crippen molar-refractivity contribution in [3.8, 4) is 0 Å². The van der Waals surface area contributed by atoms with Crippen LogP contribution >= 0.6 is 11.3 Å². The number of hydrogen-bond donors (Lipinski definition) is 2. The van der Waals surface area contributed by atoms with Crippen LogP contribution in [0.4, 0.5) is 0 Å². The summed E-state index contributed by atoms with van der Waals surface area (Å²) in [5, 5.41) is 19.1. The molecule has 2 heterocycles. The van der Waals surface area contributed by atoms with Gasteiger partial charge in [-0.3, -0.25) is 14.0 Å². The fourth-order valence-electron chi connectivity index (χ4n) is 1.79. The maximum atomic E-state index is 12.0. The molecule has 2 aromatic heterocycles. The predicted molar refractivity (Wildman–Crippen MR) is 69.5 cm³/mol. The van der Waals surface area contributed by atoms with Crippen molar-refractivity contribution in [3.05, 3.63) is 16.4 Å². The topological polar surface area (TPSA) is 96.6 Å². The normalized spacial score (nSPS) is 10.8. The van der Waals surface area contributed by atoms with Crippen molar-refractivity contribution < 1.29 is 14.7 Å². The number of carboxylic acids is 1. The minimum Gasteiger partial charge on any atom is -0.481 e.